The van der Waals surface area contributed by atoms with Gasteiger partial charge in [0.2, 0.25) is 0 Å². The molecular formula is C13H24N4O. The average Bonchev–Trinajstić information content (AvgIpc) is 2.81. The minimum Gasteiger partial charge on any atom is -0.396 e. The summed E-state index contributed by atoms with van der Waals surface area (Å²) in [4.78, 5) is 11.8. The zero-order chi connectivity index (χ0) is 13.0. The second kappa shape index (κ2) is 5.82. The largest absolute Gasteiger partial charge is 0.396 e. The number of imidazole rings is 1. The zero-order valence-corrected chi connectivity index (χ0v) is 11.4. The lowest BCUT2D eigenvalue weighted by atomic mass is 9.80. The van der Waals surface area contributed by atoms with Gasteiger partial charge >= 0.3 is 0 Å². The molecule has 0 unspecified atom stereocenters. The summed E-state index contributed by atoms with van der Waals surface area (Å²) in [6, 6.07) is 0. The van der Waals surface area contributed by atoms with Crippen LogP contribution in [0.15, 0.2) is 12.5 Å². The molecule has 0 aliphatic carbocycles. The van der Waals surface area contributed by atoms with Crippen molar-refractivity contribution in [2.24, 2.45) is 5.41 Å². The normalized spacial score (nSPS) is 25.8. The van der Waals surface area contributed by atoms with Crippen LogP contribution in [-0.2, 0) is 6.54 Å². The van der Waals surface area contributed by atoms with E-state index >= 15 is 0 Å². The average molecular weight is 252 g/mol. The maximum Gasteiger partial charge on any atom is 0.0922 e. The monoisotopic (exact) mass is 252 g/mol. The summed E-state index contributed by atoms with van der Waals surface area (Å²) < 4.78 is 0. The molecule has 0 aromatic carbocycles. The van der Waals surface area contributed by atoms with Crippen LogP contribution in [0.4, 0.5) is 0 Å². The highest BCUT2D eigenvalue weighted by Gasteiger charge is 2.35. The van der Waals surface area contributed by atoms with Crippen molar-refractivity contribution >= 4 is 0 Å². The van der Waals surface area contributed by atoms with Crippen LogP contribution in [0.3, 0.4) is 0 Å². The molecule has 1 atom stereocenters. The van der Waals surface area contributed by atoms with Crippen molar-refractivity contribution in [3.05, 3.63) is 18.2 Å². The molecule has 1 aliphatic rings. The Balaban J connectivity index is 1.98. The van der Waals surface area contributed by atoms with Crippen LogP contribution in [0.1, 0.15) is 18.5 Å². The van der Waals surface area contributed by atoms with Gasteiger partial charge in [-0.3, -0.25) is 4.90 Å². The van der Waals surface area contributed by atoms with Crippen molar-refractivity contribution in [2.45, 2.75) is 19.4 Å². The van der Waals surface area contributed by atoms with E-state index in [9.17, 15) is 5.11 Å². The van der Waals surface area contributed by atoms with E-state index in [1.54, 1.807) is 6.33 Å². The van der Waals surface area contributed by atoms with Crippen molar-refractivity contribution in [1.82, 2.24) is 19.8 Å². The number of H-pyrrole nitrogens is 1. The molecule has 0 amide bonds. The fourth-order valence-electron chi connectivity index (χ4n) is 3.04. The van der Waals surface area contributed by atoms with Crippen LogP contribution in [0, 0.1) is 5.41 Å². The van der Waals surface area contributed by atoms with Crippen LogP contribution in [0.25, 0.3) is 0 Å². The topological polar surface area (TPSA) is 55.4 Å². The number of hydrogen-bond donors (Lipinski definition) is 2. The highest BCUT2D eigenvalue weighted by molar-refractivity contribution is 4.96. The first kappa shape index (κ1) is 13.5. The Morgan fingerprint density at radius 1 is 1.56 bits per heavy atom. The highest BCUT2D eigenvalue weighted by atomic mass is 16.3. The van der Waals surface area contributed by atoms with E-state index in [0.717, 1.165) is 44.7 Å². The molecule has 2 heterocycles. The number of aromatic amines is 1. The molecule has 1 fully saturated rings. The summed E-state index contributed by atoms with van der Waals surface area (Å²) in [5, 5.41) is 9.76. The molecule has 0 saturated carbocycles. The summed E-state index contributed by atoms with van der Waals surface area (Å²) >= 11 is 0. The number of aromatic nitrogens is 2. The highest BCUT2D eigenvalue weighted by Crippen LogP contribution is 2.30. The lowest BCUT2D eigenvalue weighted by Gasteiger charge is -2.43. The third-order valence-electron chi connectivity index (χ3n) is 3.68. The Kier molecular flexibility index (Phi) is 4.37. The molecule has 0 spiro atoms. The number of aliphatic hydroxyl groups excluding tert-OH is 1. The van der Waals surface area contributed by atoms with Crippen LogP contribution in [0.2, 0.25) is 0 Å². The molecular weight excluding hydrogens is 228 g/mol. The first-order chi connectivity index (χ1) is 8.63. The maximum absolute atomic E-state index is 9.76. The molecule has 2 N–H and O–H groups in total. The number of nitrogens with one attached hydrogen (secondary N) is 1. The van der Waals surface area contributed by atoms with Crippen molar-refractivity contribution in [3.8, 4) is 0 Å². The second-order valence-corrected chi connectivity index (χ2v) is 5.79. The van der Waals surface area contributed by atoms with Gasteiger partial charge in [-0.05, 0) is 33.5 Å². The summed E-state index contributed by atoms with van der Waals surface area (Å²) in [5.74, 6) is 0. The molecule has 1 saturated heterocycles. The Bertz CT molecular complexity index is 352. The number of nitrogens with zero attached hydrogens (tertiary/aromatic N) is 3. The van der Waals surface area contributed by atoms with Gasteiger partial charge in [-0.25, -0.2) is 4.98 Å². The fourth-order valence-corrected chi connectivity index (χ4v) is 3.04. The molecule has 0 radical (unpaired) electrons. The van der Waals surface area contributed by atoms with Crippen molar-refractivity contribution in [3.63, 3.8) is 0 Å². The first-order valence-electron chi connectivity index (χ1n) is 6.59. The van der Waals surface area contributed by atoms with Gasteiger partial charge in [0.15, 0.2) is 0 Å². The number of piperidine rings is 1. The van der Waals surface area contributed by atoms with Gasteiger partial charge in [0.05, 0.1) is 12.9 Å². The van der Waals surface area contributed by atoms with Gasteiger partial charge < -0.3 is 15.0 Å². The Hall–Kier alpha value is -0.910. The molecule has 1 aromatic rings. The van der Waals surface area contributed by atoms with Crippen LogP contribution in [-0.4, -0.2) is 65.2 Å². The standard InChI is InChI=1S/C13H24N4O/c1-16(2)8-13(10-18)4-3-5-17(9-13)7-12-6-14-11-15-12/h6,11,18H,3-5,7-10H2,1-2H3,(H,14,15)/t13-/m1/s1. The number of likely N-dealkylation sites (tertiary alicyclic amines) is 1. The van der Waals surface area contributed by atoms with E-state index < -0.39 is 0 Å². The molecule has 1 aliphatic heterocycles. The minimum absolute atomic E-state index is 0.0295. The first-order valence-corrected chi connectivity index (χ1v) is 6.59. The number of aliphatic hydroxyl groups is 1. The molecule has 2 rings (SSSR count). The van der Waals surface area contributed by atoms with Gasteiger partial charge in [-0.2, -0.15) is 0 Å². The van der Waals surface area contributed by atoms with Gasteiger partial charge in [-0.1, -0.05) is 0 Å². The van der Waals surface area contributed by atoms with E-state index in [-0.39, 0.29) is 12.0 Å². The second-order valence-electron chi connectivity index (χ2n) is 5.79. The Morgan fingerprint density at radius 3 is 3.00 bits per heavy atom. The van der Waals surface area contributed by atoms with Gasteiger partial charge in [0, 0.05) is 36.9 Å². The van der Waals surface area contributed by atoms with Gasteiger partial charge in [-0.15, -0.1) is 0 Å². The van der Waals surface area contributed by atoms with Gasteiger partial charge in [0.1, 0.15) is 0 Å². The van der Waals surface area contributed by atoms with Crippen LogP contribution < -0.4 is 0 Å². The van der Waals surface area contributed by atoms with E-state index in [1.165, 1.54) is 0 Å². The SMILES string of the molecule is CN(C)C[C@]1(CO)CCCN(Cc2cnc[nH]2)C1. The summed E-state index contributed by atoms with van der Waals surface area (Å²) in [6.07, 6.45) is 5.86. The number of rotatable bonds is 5. The minimum atomic E-state index is 0.0295. The third-order valence-corrected chi connectivity index (χ3v) is 3.68. The Labute approximate surface area is 109 Å². The molecule has 5 heteroatoms. The van der Waals surface area contributed by atoms with Crippen molar-refractivity contribution in [1.29, 1.82) is 0 Å². The Morgan fingerprint density at radius 2 is 2.39 bits per heavy atom. The smallest absolute Gasteiger partial charge is 0.0922 e. The predicted octanol–water partition coefficient (Wildman–Crippen LogP) is 0.546. The quantitative estimate of drug-likeness (QED) is 0.803. The number of hydrogen-bond acceptors (Lipinski definition) is 4. The molecule has 1 aromatic heterocycles. The van der Waals surface area contributed by atoms with Crippen LogP contribution >= 0.6 is 0 Å². The van der Waals surface area contributed by atoms with Gasteiger partial charge in [0.25, 0.3) is 0 Å². The summed E-state index contributed by atoms with van der Waals surface area (Å²) in [6.45, 7) is 4.18. The fraction of sp³-hybridized carbons (Fsp3) is 0.769. The predicted molar refractivity (Wildman–Crippen MR) is 71.2 cm³/mol. The summed E-state index contributed by atoms with van der Waals surface area (Å²) in [7, 11) is 4.15. The van der Waals surface area contributed by atoms with E-state index in [0.29, 0.717) is 0 Å². The van der Waals surface area contributed by atoms with Crippen LogP contribution in [0.5, 0.6) is 0 Å². The van der Waals surface area contributed by atoms with E-state index in [1.807, 2.05) is 6.20 Å². The zero-order valence-electron chi connectivity index (χ0n) is 11.4. The van der Waals surface area contributed by atoms with E-state index in [2.05, 4.69) is 33.9 Å². The summed E-state index contributed by atoms with van der Waals surface area (Å²) in [5.41, 5.74) is 1.18. The maximum atomic E-state index is 9.76. The van der Waals surface area contributed by atoms with Crippen molar-refractivity contribution < 1.29 is 5.11 Å². The molecule has 0 bridgehead atoms. The lowest BCUT2D eigenvalue weighted by Crippen LogP contribution is -2.49. The molecule has 5 nitrogen and oxygen atoms in total. The lowest BCUT2D eigenvalue weighted by molar-refractivity contribution is 0.0102. The van der Waals surface area contributed by atoms with E-state index in [4.69, 9.17) is 0 Å². The molecule has 102 valence electrons. The van der Waals surface area contributed by atoms with Crippen molar-refractivity contribution in [2.75, 3.05) is 40.3 Å². The third kappa shape index (κ3) is 3.31. The molecule has 18 heavy (non-hydrogen) atoms.